The second kappa shape index (κ2) is 9.30. The summed E-state index contributed by atoms with van der Waals surface area (Å²) in [7, 11) is 0. The summed E-state index contributed by atoms with van der Waals surface area (Å²) in [6.07, 6.45) is 5.82. The third kappa shape index (κ3) is 4.54. The van der Waals surface area contributed by atoms with E-state index in [1.165, 1.54) is 12.4 Å². The molecule has 0 spiro atoms. The maximum absolute atomic E-state index is 11.9. The van der Waals surface area contributed by atoms with E-state index in [1.54, 1.807) is 18.3 Å². The van der Waals surface area contributed by atoms with Crippen molar-refractivity contribution in [1.29, 1.82) is 10.7 Å². The number of aryl methyl sites for hydroxylation is 1. The Hall–Kier alpha value is -3.54. The van der Waals surface area contributed by atoms with Gasteiger partial charge >= 0.3 is 5.97 Å². The number of aliphatic hydroxyl groups is 1. The molecule has 32 heavy (non-hydrogen) atoms. The molecule has 2 aromatic rings. The molecule has 1 aliphatic heterocycles. The van der Waals surface area contributed by atoms with Crippen LogP contribution >= 0.6 is 0 Å². The molecule has 1 unspecified atom stereocenters. The van der Waals surface area contributed by atoms with E-state index in [1.807, 2.05) is 13.0 Å². The van der Waals surface area contributed by atoms with Crippen molar-refractivity contribution >= 4 is 18.0 Å². The van der Waals surface area contributed by atoms with Gasteiger partial charge in [-0.25, -0.2) is 9.78 Å². The van der Waals surface area contributed by atoms with Crippen molar-refractivity contribution in [1.82, 2.24) is 10.3 Å². The summed E-state index contributed by atoms with van der Waals surface area (Å²) in [5.74, 6) is 0.680. The van der Waals surface area contributed by atoms with Crippen molar-refractivity contribution in [2.24, 2.45) is 0 Å². The number of cyclic esters (lactones) is 1. The molecule has 0 saturated heterocycles. The predicted molar refractivity (Wildman–Crippen MR) is 120 cm³/mol. The lowest BCUT2D eigenvalue weighted by Gasteiger charge is -2.18. The molecule has 1 saturated carbocycles. The lowest BCUT2D eigenvalue weighted by atomic mass is 9.91. The fraction of sp³-hybridized carbons (Fsp3) is 0.333. The maximum Gasteiger partial charge on any atom is 0.338 e. The van der Waals surface area contributed by atoms with Gasteiger partial charge in [-0.1, -0.05) is 6.07 Å². The third-order valence-electron chi connectivity index (χ3n) is 5.79. The summed E-state index contributed by atoms with van der Waals surface area (Å²) >= 11 is 0. The number of esters is 1. The van der Waals surface area contributed by atoms with E-state index in [9.17, 15) is 9.90 Å². The molecule has 0 radical (unpaired) electrons. The summed E-state index contributed by atoms with van der Waals surface area (Å²) < 4.78 is 5.19. The van der Waals surface area contributed by atoms with Crippen LogP contribution in [0.2, 0.25) is 0 Å². The number of carbonyl (C=O) groups is 1. The van der Waals surface area contributed by atoms with Gasteiger partial charge in [0.05, 0.1) is 17.2 Å². The highest BCUT2D eigenvalue weighted by Gasteiger charge is 2.35. The van der Waals surface area contributed by atoms with E-state index < -0.39 is 6.10 Å². The number of pyridine rings is 1. The molecule has 2 aliphatic rings. The zero-order valence-electron chi connectivity index (χ0n) is 17.8. The molecule has 8 nitrogen and oxygen atoms in total. The number of hydrogen-bond donors (Lipinski definition) is 4. The number of benzene rings is 1. The van der Waals surface area contributed by atoms with Crippen LogP contribution in [0.25, 0.3) is 0 Å². The Labute approximate surface area is 186 Å². The summed E-state index contributed by atoms with van der Waals surface area (Å²) in [6, 6.07) is 7.43. The Balaban J connectivity index is 1.38. The van der Waals surface area contributed by atoms with Gasteiger partial charge in [0, 0.05) is 37.3 Å². The molecule has 2 heterocycles. The van der Waals surface area contributed by atoms with Crippen molar-refractivity contribution in [2.45, 2.75) is 38.4 Å². The fourth-order valence-electron chi connectivity index (χ4n) is 3.92. The molecule has 164 valence electrons. The van der Waals surface area contributed by atoms with Gasteiger partial charge in [-0.15, -0.1) is 0 Å². The standard InChI is InChI=1S/C24H25N5O3/c1-14-6-22(29-11-17(14)8-26)28-10-15(7-25)9-27-12-21(30)19-5-4-18-20(13-32-24(18)31)23(19)16-2-3-16/h4-7,10-11,16,21,25,27,30H,2-3,9,12-13H2,1H3,(H,28,29)/b15-10+,25-7?. The van der Waals surface area contributed by atoms with Gasteiger partial charge in [-0.2, -0.15) is 5.26 Å². The normalized spacial score (nSPS) is 16.2. The van der Waals surface area contributed by atoms with Crippen molar-refractivity contribution in [2.75, 3.05) is 18.4 Å². The minimum absolute atomic E-state index is 0.281. The van der Waals surface area contributed by atoms with Crippen molar-refractivity contribution < 1.29 is 14.6 Å². The van der Waals surface area contributed by atoms with Crippen LogP contribution in [0.1, 0.15) is 63.0 Å². The first-order chi connectivity index (χ1) is 15.5. The number of rotatable bonds is 9. The van der Waals surface area contributed by atoms with Gasteiger partial charge in [-0.05, 0) is 60.1 Å². The molecule has 1 atom stereocenters. The number of fused-ring (bicyclic) bond motifs is 1. The Morgan fingerprint density at radius 3 is 2.97 bits per heavy atom. The zero-order valence-corrected chi connectivity index (χ0v) is 17.8. The predicted octanol–water partition coefficient (Wildman–Crippen LogP) is 3.08. The summed E-state index contributed by atoms with van der Waals surface area (Å²) in [5, 5.41) is 33.7. The average Bonchev–Trinajstić information content (AvgIpc) is 3.57. The summed E-state index contributed by atoms with van der Waals surface area (Å²) in [4.78, 5) is 16.1. The number of hydrogen-bond acceptors (Lipinski definition) is 8. The molecule has 4 N–H and O–H groups in total. The van der Waals surface area contributed by atoms with Crippen LogP contribution in [0, 0.1) is 23.7 Å². The van der Waals surface area contributed by atoms with Gasteiger partial charge in [-0.3, -0.25) is 0 Å². The average molecular weight is 431 g/mol. The highest BCUT2D eigenvalue weighted by molar-refractivity contribution is 5.94. The van der Waals surface area contributed by atoms with Gasteiger partial charge in [0.15, 0.2) is 0 Å². The van der Waals surface area contributed by atoms with Crippen LogP contribution in [-0.4, -0.2) is 35.4 Å². The highest BCUT2D eigenvalue weighted by Crippen LogP contribution is 2.46. The van der Waals surface area contributed by atoms with E-state index >= 15 is 0 Å². The fourth-order valence-corrected chi connectivity index (χ4v) is 3.92. The molecule has 1 aliphatic carbocycles. The van der Waals surface area contributed by atoms with Crippen molar-refractivity contribution in [3.8, 4) is 6.07 Å². The Bertz CT molecular complexity index is 1130. The Kier molecular flexibility index (Phi) is 6.30. The lowest BCUT2D eigenvalue weighted by molar-refractivity contribution is 0.0534. The molecule has 0 bridgehead atoms. The van der Waals surface area contributed by atoms with Gasteiger partial charge in [0.1, 0.15) is 18.5 Å². The number of nitrogens with one attached hydrogen (secondary N) is 3. The van der Waals surface area contributed by atoms with E-state index in [0.717, 1.165) is 35.1 Å². The van der Waals surface area contributed by atoms with E-state index in [2.05, 4.69) is 21.7 Å². The first-order valence-corrected chi connectivity index (χ1v) is 10.6. The number of carbonyl (C=O) groups excluding carboxylic acids is 1. The largest absolute Gasteiger partial charge is 0.457 e. The SMILES string of the molecule is Cc1cc(N/C=C(\C=N)CNCC(O)c2ccc3c(c2C2CC2)COC3=O)ncc1C#N. The maximum atomic E-state index is 11.9. The molecule has 1 aromatic carbocycles. The van der Waals surface area contributed by atoms with E-state index in [-0.39, 0.29) is 12.6 Å². The summed E-state index contributed by atoms with van der Waals surface area (Å²) in [6.45, 7) is 2.82. The van der Waals surface area contributed by atoms with Gasteiger partial charge in [0.2, 0.25) is 0 Å². The number of anilines is 1. The van der Waals surface area contributed by atoms with Crippen LogP contribution < -0.4 is 10.6 Å². The van der Waals surface area contributed by atoms with Crippen LogP contribution in [0.3, 0.4) is 0 Å². The second-order valence-corrected chi connectivity index (χ2v) is 8.10. The van der Waals surface area contributed by atoms with Crippen molar-refractivity contribution in [3.05, 3.63) is 69.5 Å². The minimum Gasteiger partial charge on any atom is -0.457 e. The first kappa shape index (κ1) is 21.7. The molecular weight excluding hydrogens is 406 g/mol. The Morgan fingerprint density at radius 1 is 1.47 bits per heavy atom. The number of nitrogens with zero attached hydrogens (tertiary/aromatic N) is 2. The number of nitriles is 1. The van der Waals surface area contributed by atoms with Gasteiger partial charge in [0.25, 0.3) is 0 Å². The molecule has 0 amide bonds. The van der Waals surface area contributed by atoms with Crippen molar-refractivity contribution in [3.63, 3.8) is 0 Å². The quantitative estimate of drug-likeness (QED) is 0.354. The smallest absolute Gasteiger partial charge is 0.338 e. The lowest BCUT2D eigenvalue weighted by Crippen LogP contribution is -2.25. The molecule has 1 fully saturated rings. The van der Waals surface area contributed by atoms with E-state index in [0.29, 0.717) is 41.5 Å². The zero-order chi connectivity index (χ0) is 22.7. The molecule has 1 aromatic heterocycles. The highest BCUT2D eigenvalue weighted by atomic mass is 16.5. The number of ether oxygens (including phenoxy) is 1. The van der Waals surface area contributed by atoms with Gasteiger partial charge < -0.3 is 25.9 Å². The third-order valence-corrected chi connectivity index (χ3v) is 5.79. The van der Waals surface area contributed by atoms with Crippen LogP contribution in [0.15, 0.2) is 36.2 Å². The minimum atomic E-state index is -0.727. The summed E-state index contributed by atoms with van der Waals surface area (Å²) in [5.41, 5.74) is 5.46. The number of aliphatic hydroxyl groups excluding tert-OH is 1. The van der Waals surface area contributed by atoms with Crippen LogP contribution in [-0.2, 0) is 11.3 Å². The topological polar surface area (TPSA) is 131 Å². The monoisotopic (exact) mass is 431 g/mol. The number of aromatic nitrogens is 1. The second-order valence-electron chi connectivity index (χ2n) is 8.10. The van der Waals surface area contributed by atoms with E-state index in [4.69, 9.17) is 15.4 Å². The first-order valence-electron chi connectivity index (χ1n) is 10.6. The molecule has 4 rings (SSSR count). The molecular formula is C24H25N5O3. The van der Waals surface area contributed by atoms with Crippen LogP contribution in [0.4, 0.5) is 5.82 Å². The van der Waals surface area contributed by atoms with Crippen LogP contribution in [0.5, 0.6) is 0 Å². The Morgan fingerprint density at radius 2 is 2.28 bits per heavy atom. The molecule has 8 heteroatoms.